The molecule has 1 N–H and O–H groups in total. The number of ketones is 1. The van der Waals surface area contributed by atoms with Crippen molar-refractivity contribution in [3.63, 3.8) is 0 Å². The molecule has 8 heteroatoms. The molecule has 176 valence electrons. The van der Waals surface area contributed by atoms with Crippen LogP contribution in [0.15, 0.2) is 48.0 Å². The normalized spacial score (nSPS) is 17.5. The number of amides is 1. The average Bonchev–Trinajstić information content (AvgIpc) is 3.07. The molecule has 1 aliphatic heterocycles. The van der Waals surface area contributed by atoms with Crippen molar-refractivity contribution in [3.05, 3.63) is 59.2 Å². The molecule has 0 bridgehead atoms. The van der Waals surface area contributed by atoms with Gasteiger partial charge in [0.2, 0.25) is 0 Å². The summed E-state index contributed by atoms with van der Waals surface area (Å²) in [4.78, 5) is 29.8. The van der Waals surface area contributed by atoms with E-state index in [-0.39, 0.29) is 11.3 Å². The molecular formula is C25H30N2O6. The van der Waals surface area contributed by atoms with Crippen molar-refractivity contribution in [3.8, 4) is 17.2 Å². The van der Waals surface area contributed by atoms with Crippen molar-refractivity contribution in [1.82, 2.24) is 9.80 Å². The van der Waals surface area contributed by atoms with E-state index in [0.29, 0.717) is 41.3 Å². The molecule has 1 saturated heterocycles. The number of likely N-dealkylation sites (tertiary alicyclic amines) is 1. The van der Waals surface area contributed by atoms with Gasteiger partial charge < -0.3 is 29.1 Å². The predicted molar refractivity (Wildman–Crippen MR) is 125 cm³/mol. The summed E-state index contributed by atoms with van der Waals surface area (Å²) in [6.45, 7) is 1.07. The summed E-state index contributed by atoms with van der Waals surface area (Å²) in [6, 6.07) is 11.1. The molecule has 1 aliphatic rings. The van der Waals surface area contributed by atoms with E-state index < -0.39 is 17.7 Å². The maximum Gasteiger partial charge on any atom is 0.295 e. The third-order valence-electron chi connectivity index (χ3n) is 5.62. The zero-order valence-corrected chi connectivity index (χ0v) is 19.6. The highest BCUT2D eigenvalue weighted by atomic mass is 16.5. The van der Waals surface area contributed by atoms with Crippen LogP contribution in [0.4, 0.5) is 0 Å². The Bertz CT molecular complexity index is 1060. The second-order valence-electron chi connectivity index (χ2n) is 7.99. The second kappa shape index (κ2) is 10.4. The molecule has 1 fully saturated rings. The number of ether oxygens (including phenoxy) is 3. The van der Waals surface area contributed by atoms with Gasteiger partial charge in [-0.2, -0.15) is 0 Å². The van der Waals surface area contributed by atoms with Gasteiger partial charge in [0.25, 0.3) is 11.7 Å². The van der Waals surface area contributed by atoms with E-state index in [2.05, 4.69) is 0 Å². The molecule has 1 heterocycles. The number of carbonyl (C=O) groups is 2. The minimum atomic E-state index is -0.830. The lowest BCUT2D eigenvalue weighted by atomic mass is 9.94. The van der Waals surface area contributed by atoms with Crippen LogP contribution in [0, 0.1) is 0 Å². The van der Waals surface area contributed by atoms with Crippen molar-refractivity contribution in [2.75, 3.05) is 48.5 Å². The van der Waals surface area contributed by atoms with Crippen LogP contribution in [-0.4, -0.2) is 75.1 Å². The van der Waals surface area contributed by atoms with Gasteiger partial charge in [0, 0.05) is 17.7 Å². The molecule has 0 spiro atoms. The van der Waals surface area contributed by atoms with Crippen molar-refractivity contribution in [2.45, 2.75) is 12.5 Å². The summed E-state index contributed by atoms with van der Waals surface area (Å²) in [7, 11) is 8.46. The Morgan fingerprint density at radius 2 is 1.70 bits per heavy atom. The highest BCUT2D eigenvalue weighted by Gasteiger charge is 2.47. The van der Waals surface area contributed by atoms with Crippen molar-refractivity contribution >= 4 is 17.4 Å². The molecule has 0 saturated carbocycles. The van der Waals surface area contributed by atoms with Crippen molar-refractivity contribution in [2.24, 2.45) is 0 Å². The van der Waals surface area contributed by atoms with Gasteiger partial charge in [0.1, 0.15) is 23.0 Å². The van der Waals surface area contributed by atoms with E-state index in [1.807, 2.05) is 19.0 Å². The van der Waals surface area contributed by atoms with Crippen molar-refractivity contribution < 1.29 is 28.9 Å². The Balaban J connectivity index is 2.20. The van der Waals surface area contributed by atoms with E-state index in [1.54, 1.807) is 42.5 Å². The largest absolute Gasteiger partial charge is 0.507 e. The molecule has 1 amide bonds. The summed E-state index contributed by atoms with van der Waals surface area (Å²) >= 11 is 0. The Labute approximate surface area is 194 Å². The van der Waals surface area contributed by atoms with Crippen LogP contribution in [0.25, 0.3) is 5.76 Å². The molecule has 8 nitrogen and oxygen atoms in total. The summed E-state index contributed by atoms with van der Waals surface area (Å²) in [5.74, 6) is -0.113. The number of Topliss-reactive ketones (excluding diaryl/α,β-unsaturated/α-hetero) is 1. The van der Waals surface area contributed by atoms with Gasteiger partial charge in [-0.3, -0.25) is 9.59 Å². The minimum absolute atomic E-state index is 0.00431. The lowest BCUT2D eigenvalue weighted by Gasteiger charge is -2.27. The number of aliphatic hydroxyl groups excluding tert-OH is 1. The first-order valence-corrected chi connectivity index (χ1v) is 10.6. The highest BCUT2D eigenvalue weighted by molar-refractivity contribution is 6.46. The number of hydrogen-bond acceptors (Lipinski definition) is 7. The maximum atomic E-state index is 13.2. The monoisotopic (exact) mass is 454 g/mol. The van der Waals surface area contributed by atoms with Crippen LogP contribution in [0.3, 0.4) is 0 Å². The number of aliphatic hydroxyl groups is 1. The quantitative estimate of drug-likeness (QED) is 0.354. The molecule has 0 aromatic heterocycles. The van der Waals surface area contributed by atoms with Crippen LogP contribution < -0.4 is 14.2 Å². The van der Waals surface area contributed by atoms with E-state index in [1.165, 1.54) is 26.2 Å². The molecule has 0 aliphatic carbocycles. The number of rotatable bonds is 9. The number of nitrogens with zero attached hydrogens (tertiary/aromatic N) is 2. The smallest absolute Gasteiger partial charge is 0.295 e. The zero-order valence-electron chi connectivity index (χ0n) is 19.6. The first-order valence-electron chi connectivity index (χ1n) is 10.6. The Morgan fingerprint density at radius 1 is 1.00 bits per heavy atom. The average molecular weight is 455 g/mol. The van der Waals surface area contributed by atoms with E-state index in [9.17, 15) is 14.7 Å². The van der Waals surface area contributed by atoms with Crippen molar-refractivity contribution in [1.29, 1.82) is 0 Å². The molecular weight excluding hydrogens is 424 g/mol. The predicted octanol–water partition coefficient (Wildman–Crippen LogP) is 3.09. The Kier molecular flexibility index (Phi) is 7.60. The van der Waals surface area contributed by atoms with Gasteiger partial charge >= 0.3 is 0 Å². The van der Waals surface area contributed by atoms with Gasteiger partial charge in [-0.25, -0.2) is 0 Å². The molecule has 3 rings (SSSR count). The molecule has 2 aromatic carbocycles. The fraction of sp³-hybridized carbons (Fsp3) is 0.360. The number of methoxy groups -OCH3 is 3. The van der Waals surface area contributed by atoms with Crippen LogP contribution in [0.1, 0.15) is 23.6 Å². The number of hydrogen-bond donors (Lipinski definition) is 1. The van der Waals surface area contributed by atoms with Crippen LogP contribution in [0.2, 0.25) is 0 Å². The third-order valence-corrected chi connectivity index (χ3v) is 5.62. The molecule has 0 unspecified atom stereocenters. The number of carbonyl (C=O) groups excluding carboxylic acids is 2. The SMILES string of the molecule is COc1cccc(C(O)=C2C(=O)C(=O)N(CCCN(C)C)[C@@H]2c2cc(OC)ccc2OC)c1. The first-order chi connectivity index (χ1) is 15.8. The van der Waals surface area contributed by atoms with Gasteiger partial charge in [0.05, 0.1) is 32.9 Å². The van der Waals surface area contributed by atoms with Crippen LogP contribution in [-0.2, 0) is 9.59 Å². The van der Waals surface area contributed by atoms with Gasteiger partial charge in [-0.1, -0.05) is 12.1 Å². The topological polar surface area (TPSA) is 88.5 Å². The Morgan fingerprint density at radius 3 is 2.33 bits per heavy atom. The molecule has 1 atom stereocenters. The van der Waals surface area contributed by atoms with Gasteiger partial charge in [-0.15, -0.1) is 0 Å². The summed E-state index contributed by atoms with van der Waals surface area (Å²) in [5, 5.41) is 11.2. The zero-order chi connectivity index (χ0) is 24.1. The second-order valence-corrected chi connectivity index (χ2v) is 7.99. The fourth-order valence-electron chi connectivity index (χ4n) is 3.97. The number of benzene rings is 2. The summed E-state index contributed by atoms with van der Waals surface area (Å²) in [6.07, 6.45) is 0.655. The van der Waals surface area contributed by atoms with Crippen LogP contribution >= 0.6 is 0 Å². The van der Waals surface area contributed by atoms with E-state index in [0.717, 1.165) is 6.54 Å². The van der Waals surface area contributed by atoms with Gasteiger partial charge in [0.15, 0.2) is 0 Å². The first kappa shape index (κ1) is 24.1. The minimum Gasteiger partial charge on any atom is -0.507 e. The van der Waals surface area contributed by atoms with E-state index in [4.69, 9.17) is 14.2 Å². The standard InChI is InChI=1S/C25H30N2O6/c1-26(2)12-7-13-27-22(19-15-18(32-4)10-11-20(19)33-5)21(24(29)25(27)30)23(28)16-8-6-9-17(14-16)31-3/h6,8-11,14-15,22,28H,7,12-13H2,1-5H3/t22-/m1/s1. The van der Waals surface area contributed by atoms with E-state index >= 15 is 0 Å². The fourth-order valence-corrected chi connectivity index (χ4v) is 3.97. The Hall–Kier alpha value is -3.52. The molecule has 0 radical (unpaired) electrons. The molecule has 2 aromatic rings. The third kappa shape index (κ3) is 4.96. The summed E-state index contributed by atoms with van der Waals surface area (Å²) in [5.41, 5.74) is 0.947. The maximum absolute atomic E-state index is 13.2. The lowest BCUT2D eigenvalue weighted by Crippen LogP contribution is -2.32. The van der Waals surface area contributed by atoms with Crippen LogP contribution in [0.5, 0.6) is 17.2 Å². The molecule has 33 heavy (non-hydrogen) atoms. The van der Waals surface area contributed by atoms with Gasteiger partial charge in [-0.05, 0) is 57.4 Å². The lowest BCUT2D eigenvalue weighted by molar-refractivity contribution is -0.140. The summed E-state index contributed by atoms with van der Waals surface area (Å²) < 4.78 is 16.2. The highest BCUT2D eigenvalue weighted by Crippen LogP contribution is 2.44.